The van der Waals surface area contributed by atoms with Crippen molar-refractivity contribution < 1.29 is 8.42 Å². The molecule has 0 amide bonds. The van der Waals surface area contributed by atoms with Crippen LogP contribution >= 0.6 is 0 Å². The summed E-state index contributed by atoms with van der Waals surface area (Å²) >= 11 is 0. The summed E-state index contributed by atoms with van der Waals surface area (Å²) in [6.45, 7) is 5.68. The third-order valence-electron chi connectivity index (χ3n) is 4.84. The quantitative estimate of drug-likeness (QED) is 0.623. The summed E-state index contributed by atoms with van der Waals surface area (Å²) < 4.78 is 28.3. The number of anilines is 1. The van der Waals surface area contributed by atoms with Crippen LogP contribution in [0.5, 0.6) is 0 Å². The Balaban J connectivity index is 1.93. The van der Waals surface area contributed by atoms with E-state index in [1.54, 1.807) is 12.1 Å². The van der Waals surface area contributed by atoms with Crippen molar-refractivity contribution >= 4 is 26.7 Å². The third-order valence-corrected chi connectivity index (χ3v) is 6.65. The lowest BCUT2D eigenvalue weighted by molar-refractivity contribution is 0.521. The molecule has 3 aromatic rings. The molecule has 3 rings (SSSR count). The maximum Gasteiger partial charge on any atom is 0.242 e. The number of aryl methyl sites for hydroxylation is 2. The van der Waals surface area contributed by atoms with Crippen molar-refractivity contribution in [3.8, 4) is 0 Å². The van der Waals surface area contributed by atoms with Crippen molar-refractivity contribution in [1.82, 2.24) is 13.9 Å². The molecule has 150 valence electrons. The second kappa shape index (κ2) is 8.32. The number of hydrogen-bond donors (Lipinski definition) is 1. The van der Waals surface area contributed by atoms with Gasteiger partial charge in [-0.2, -0.15) is 0 Å². The van der Waals surface area contributed by atoms with Crippen LogP contribution in [0.4, 0.5) is 5.69 Å². The van der Waals surface area contributed by atoms with Crippen molar-refractivity contribution in [2.24, 2.45) is 0 Å². The topological polar surface area (TPSA) is 67.2 Å². The highest BCUT2D eigenvalue weighted by Crippen LogP contribution is 2.23. The van der Waals surface area contributed by atoms with E-state index in [9.17, 15) is 8.42 Å². The monoisotopic (exact) mass is 400 g/mol. The first-order valence-electron chi connectivity index (χ1n) is 9.61. The fourth-order valence-electron chi connectivity index (χ4n) is 3.18. The first-order chi connectivity index (χ1) is 13.4. The molecule has 0 saturated carbocycles. The van der Waals surface area contributed by atoms with Gasteiger partial charge < -0.3 is 9.88 Å². The number of nitrogens with zero attached hydrogens (tertiary/aromatic N) is 3. The van der Waals surface area contributed by atoms with Crippen LogP contribution in [0.25, 0.3) is 11.0 Å². The summed E-state index contributed by atoms with van der Waals surface area (Å²) in [6, 6.07) is 13.6. The Bertz CT molecular complexity index is 1050. The highest BCUT2D eigenvalue weighted by Gasteiger charge is 2.19. The number of hydrogen-bond acceptors (Lipinski definition) is 4. The minimum Gasteiger partial charge on any atom is -0.378 e. The first-order valence-corrected chi connectivity index (χ1v) is 11.0. The van der Waals surface area contributed by atoms with Crippen molar-refractivity contribution in [2.45, 2.75) is 44.7 Å². The minimum absolute atomic E-state index is 0.265. The van der Waals surface area contributed by atoms with E-state index in [0.29, 0.717) is 12.1 Å². The third kappa shape index (κ3) is 4.05. The molecule has 0 aliphatic rings. The van der Waals surface area contributed by atoms with Crippen LogP contribution in [0, 0.1) is 0 Å². The molecule has 0 spiro atoms. The molecule has 0 aliphatic heterocycles. The van der Waals surface area contributed by atoms with Gasteiger partial charge in [0.1, 0.15) is 5.82 Å². The van der Waals surface area contributed by atoms with E-state index < -0.39 is 10.0 Å². The van der Waals surface area contributed by atoms with Crippen LogP contribution in [0.2, 0.25) is 0 Å². The smallest absolute Gasteiger partial charge is 0.242 e. The summed E-state index contributed by atoms with van der Waals surface area (Å²) in [5.41, 5.74) is 4.01. The average molecular weight is 401 g/mol. The molecule has 1 heterocycles. The Kier molecular flexibility index (Phi) is 6.05. The molecule has 1 N–H and O–H groups in total. The van der Waals surface area contributed by atoms with Gasteiger partial charge in [-0.1, -0.05) is 26.0 Å². The number of fused-ring (bicyclic) bond motifs is 1. The summed E-state index contributed by atoms with van der Waals surface area (Å²) in [5, 5.41) is 3.43. The van der Waals surface area contributed by atoms with Gasteiger partial charge in [-0.3, -0.25) is 0 Å². The lowest BCUT2D eigenvalue weighted by atomic mass is 10.1. The molecular weight excluding hydrogens is 372 g/mol. The van der Waals surface area contributed by atoms with Crippen LogP contribution < -0.4 is 5.32 Å². The molecule has 0 atom stereocenters. The normalized spacial score (nSPS) is 12.0. The molecule has 7 heteroatoms. The van der Waals surface area contributed by atoms with Gasteiger partial charge in [0.05, 0.1) is 22.5 Å². The lowest BCUT2D eigenvalue weighted by Gasteiger charge is -2.12. The van der Waals surface area contributed by atoms with Gasteiger partial charge in [-0.25, -0.2) is 17.7 Å². The molecule has 0 bridgehead atoms. The van der Waals surface area contributed by atoms with Crippen LogP contribution in [-0.2, 0) is 29.5 Å². The zero-order valence-corrected chi connectivity index (χ0v) is 17.8. The molecule has 1 aromatic heterocycles. The highest BCUT2D eigenvalue weighted by molar-refractivity contribution is 7.89. The van der Waals surface area contributed by atoms with Gasteiger partial charge in [-0.05, 0) is 48.7 Å². The molecular formula is C21H28N4O2S. The Morgan fingerprint density at radius 1 is 1.07 bits per heavy atom. The zero-order valence-electron chi connectivity index (χ0n) is 16.9. The zero-order chi connectivity index (χ0) is 20.3. The maximum absolute atomic E-state index is 12.4. The highest BCUT2D eigenvalue weighted by atomic mass is 32.2. The fourth-order valence-corrected chi connectivity index (χ4v) is 4.10. The van der Waals surface area contributed by atoms with Crippen LogP contribution in [0.1, 0.15) is 31.7 Å². The molecule has 6 nitrogen and oxygen atoms in total. The first kappa shape index (κ1) is 20.4. The summed E-state index contributed by atoms with van der Waals surface area (Å²) in [5.74, 6) is 0.899. The van der Waals surface area contributed by atoms with Gasteiger partial charge in [0.2, 0.25) is 10.0 Å². The van der Waals surface area contributed by atoms with E-state index in [1.807, 2.05) is 6.07 Å². The Morgan fingerprint density at radius 3 is 2.39 bits per heavy atom. The predicted molar refractivity (Wildman–Crippen MR) is 114 cm³/mol. The van der Waals surface area contributed by atoms with E-state index in [1.165, 1.54) is 24.0 Å². The predicted octanol–water partition coefficient (Wildman–Crippen LogP) is 3.87. The molecule has 0 unspecified atom stereocenters. The summed E-state index contributed by atoms with van der Waals surface area (Å²) in [6.07, 6.45) is 1.99. The van der Waals surface area contributed by atoms with Crippen LogP contribution in [0.15, 0.2) is 47.4 Å². The molecule has 0 saturated heterocycles. The van der Waals surface area contributed by atoms with Gasteiger partial charge >= 0.3 is 0 Å². The standard InChI is InChI=1S/C21H28N4O2S/c1-5-13-25-20-12-11-18(28(26,27)24(3)4)14-19(20)23-21(25)15-22-17-9-7-16(6-2)8-10-17/h7-12,14,22H,5-6,13,15H2,1-4H3. The van der Waals surface area contributed by atoms with Gasteiger partial charge in [0.25, 0.3) is 0 Å². The van der Waals surface area contributed by atoms with Crippen molar-refractivity contribution in [3.63, 3.8) is 0 Å². The SMILES string of the molecule is CCCn1c(CNc2ccc(CC)cc2)nc2cc(S(=O)(=O)N(C)C)ccc21. The van der Waals surface area contributed by atoms with E-state index in [0.717, 1.165) is 36.4 Å². The van der Waals surface area contributed by atoms with Gasteiger partial charge in [0.15, 0.2) is 0 Å². The summed E-state index contributed by atoms with van der Waals surface area (Å²) in [7, 11) is -0.406. The van der Waals surface area contributed by atoms with E-state index >= 15 is 0 Å². The van der Waals surface area contributed by atoms with E-state index in [4.69, 9.17) is 4.98 Å². The number of sulfonamides is 1. The van der Waals surface area contributed by atoms with Crippen molar-refractivity contribution in [3.05, 3.63) is 53.9 Å². The average Bonchev–Trinajstić information content (AvgIpc) is 3.03. The number of benzene rings is 2. The fraction of sp³-hybridized carbons (Fsp3) is 0.381. The van der Waals surface area contributed by atoms with Gasteiger partial charge in [0, 0.05) is 26.3 Å². The maximum atomic E-state index is 12.4. The second-order valence-electron chi connectivity index (χ2n) is 7.02. The molecule has 0 radical (unpaired) electrons. The second-order valence-corrected chi connectivity index (χ2v) is 9.17. The minimum atomic E-state index is -3.48. The summed E-state index contributed by atoms with van der Waals surface area (Å²) in [4.78, 5) is 5.00. The van der Waals surface area contributed by atoms with E-state index in [2.05, 4.69) is 48.0 Å². The number of nitrogens with one attached hydrogen (secondary N) is 1. The Morgan fingerprint density at radius 2 is 1.79 bits per heavy atom. The van der Waals surface area contributed by atoms with Crippen LogP contribution in [-0.4, -0.2) is 36.4 Å². The number of rotatable bonds is 8. The number of aromatic nitrogens is 2. The molecule has 0 fully saturated rings. The van der Waals surface area contributed by atoms with Crippen molar-refractivity contribution in [1.29, 1.82) is 0 Å². The van der Waals surface area contributed by atoms with Gasteiger partial charge in [-0.15, -0.1) is 0 Å². The van der Waals surface area contributed by atoms with Crippen molar-refractivity contribution in [2.75, 3.05) is 19.4 Å². The Labute approximate surface area is 167 Å². The largest absolute Gasteiger partial charge is 0.378 e. The molecule has 0 aliphatic carbocycles. The number of imidazole rings is 1. The lowest BCUT2D eigenvalue weighted by Crippen LogP contribution is -2.22. The van der Waals surface area contributed by atoms with E-state index in [-0.39, 0.29) is 4.90 Å². The molecule has 28 heavy (non-hydrogen) atoms. The molecule has 2 aromatic carbocycles. The Hall–Kier alpha value is -2.38. The van der Waals surface area contributed by atoms with Crippen LogP contribution in [0.3, 0.4) is 0 Å².